The lowest BCUT2D eigenvalue weighted by Gasteiger charge is -2.07. The van der Waals surface area contributed by atoms with Crippen molar-refractivity contribution in [2.75, 3.05) is 10.6 Å². The summed E-state index contributed by atoms with van der Waals surface area (Å²) in [5, 5.41) is 4.87. The first-order valence-electron chi connectivity index (χ1n) is 7.52. The lowest BCUT2D eigenvalue weighted by molar-refractivity contribution is -0.105. The van der Waals surface area contributed by atoms with Crippen LogP contribution in [0.3, 0.4) is 0 Å². The quantitative estimate of drug-likeness (QED) is 0.616. The number of hydrogen-bond donors (Lipinski definition) is 2. The van der Waals surface area contributed by atoms with Gasteiger partial charge in [0.1, 0.15) is 5.82 Å². The summed E-state index contributed by atoms with van der Waals surface area (Å²) in [6, 6.07) is 17.0. The first-order valence-corrected chi connectivity index (χ1v) is 8.31. The van der Waals surface area contributed by atoms with E-state index in [4.69, 9.17) is 0 Å². The zero-order valence-electron chi connectivity index (χ0n) is 13.5. The topological polar surface area (TPSA) is 71.1 Å². The van der Waals surface area contributed by atoms with Gasteiger partial charge in [0.05, 0.1) is 17.4 Å². The van der Waals surface area contributed by atoms with Crippen molar-refractivity contribution in [3.8, 4) is 0 Å². The van der Waals surface area contributed by atoms with E-state index in [0.29, 0.717) is 17.8 Å². The van der Waals surface area contributed by atoms with Crippen molar-refractivity contribution in [1.82, 2.24) is 4.98 Å². The Morgan fingerprint density at radius 1 is 1.04 bits per heavy atom. The minimum atomic E-state index is -0.669. The van der Waals surface area contributed by atoms with Crippen LogP contribution in [0.15, 0.2) is 77.5 Å². The predicted octanol–water partition coefficient (Wildman–Crippen LogP) is 4.49. The van der Waals surface area contributed by atoms with E-state index < -0.39 is 11.7 Å². The maximum Gasteiger partial charge on any atom is 0.258 e. The van der Waals surface area contributed by atoms with Gasteiger partial charge in [-0.2, -0.15) is 0 Å². The second-order valence-electron chi connectivity index (χ2n) is 4.95. The van der Waals surface area contributed by atoms with Crippen LogP contribution in [-0.4, -0.2) is 17.3 Å². The molecular formula is C19H15BrFN3O2. The molecule has 0 unspecified atom stereocenters. The third kappa shape index (κ3) is 6.10. The molecule has 0 aliphatic heterocycles. The van der Waals surface area contributed by atoms with Crippen LogP contribution >= 0.6 is 15.9 Å². The summed E-state index contributed by atoms with van der Waals surface area (Å²) in [5.41, 5.74) is 0.643. The molecule has 0 aliphatic rings. The van der Waals surface area contributed by atoms with Crippen LogP contribution in [-0.2, 0) is 4.79 Å². The number of halogens is 2. The second-order valence-corrected chi connectivity index (χ2v) is 5.86. The Labute approximate surface area is 158 Å². The SMILES string of the molecule is Brc1ccccc1.O=CNc1ccc(F)c(C(=O)Nc2cccnc2)c1. The molecule has 1 heterocycles. The second kappa shape index (κ2) is 10.0. The summed E-state index contributed by atoms with van der Waals surface area (Å²) in [6.45, 7) is 0. The highest BCUT2D eigenvalue weighted by Gasteiger charge is 2.12. The number of anilines is 2. The molecule has 5 nitrogen and oxygen atoms in total. The van der Waals surface area contributed by atoms with E-state index in [2.05, 4.69) is 31.5 Å². The van der Waals surface area contributed by atoms with Gasteiger partial charge in [-0.15, -0.1) is 0 Å². The molecular weight excluding hydrogens is 401 g/mol. The molecule has 0 spiro atoms. The number of pyridine rings is 1. The Balaban J connectivity index is 0.000000290. The van der Waals surface area contributed by atoms with Crippen molar-refractivity contribution >= 4 is 39.6 Å². The van der Waals surface area contributed by atoms with Gasteiger partial charge < -0.3 is 10.6 Å². The van der Waals surface area contributed by atoms with Crippen molar-refractivity contribution in [1.29, 1.82) is 0 Å². The molecule has 26 heavy (non-hydrogen) atoms. The lowest BCUT2D eigenvalue weighted by Crippen LogP contribution is -2.14. The van der Waals surface area contributed by atoms with E-state index in [0.717, 1.165) is 10.5 Å². The Morgan fingerprint density at radius 2 is 1.81 bits per heavy atom. The monoisotopic (exact) mass is 415 g/mol. The number of aromatic nitrogens is 1. The number of rotatable bonds is 4. The smallest absolute Gasteiger partial charge is 0.258 e. The van der Waals surface area contributed by atoms with E-state index in [1.165, 1.54) is 18.3 Å². The molecule has 3 aromatic rings. The van der Waals surface area contributed by atoms with E-state index in [-0.39, 0.29) is 5.56 Å². The van der Waals surface area contributed by atoms with Gasteiger partial charge in [-0.25, -0.2) is 4.39 Å². The summed E-state index contributed by atoms with van der Waals surface area (Å²) in [5.74, 6) is -1.28. The number of nitrogens with one attached hydrogen (secondary N) is 2. The molecule has 0 fully saturated rings. The number of benzene rings is 2. The third-order valence-electron chi connectivity index (χ3n) is 3.09. The number of carbonyl (C=O) groups excluding carboxylic acids is 2. The molecule has 2 amide bonds. The minimum Gasteiger partial charge on any atom is -0.329 e. The van der Waals surface area contributed by atoms with Gasteiger partial charge in [0, 0.05) is 16.4 Å². The summed E-state index contributed by atoms with van der Waals surface area (Å²) < 4.78 is 14.7. The molecule has 132 valence electrons. The van der Waals surface area contributed by atoms with Gasteiger partial charge in [-0.05, 0) is 42.5 Å². The Hall–Kier alpha value is -3.06. The maximum absolute atomic E-state index is 13.6. The van der Waals surface area contributed by atoms with Gasteiger partial charge in [-0.1, -0.05) is 34.1 Å². The predicted molar refractivity (Wildman–Crippen MR) is 102 cm³/mol. The zero-order chi connectivity index (χ0) is 18.8. The minimum absolute atomic E-state index is 0.157. The summed E-state index contributed by atoms with van der Waals surface area (Å²) >= 11 is 3.31. The van der Waals surface area contributed by atoms with E-state index in [1.807, 2.05) is 30.3 Å². The van der Waals surface area contributed by atoms with Crippen molar-refractivity contribution in [3.63, 3.8) is 0 Å². The summed E-state index contributed by atoms with van der Waals surface area (Å²) in [7, 11) is 0. The largest absolute Gasteiger partial charge is 0.329 e. The first kappa shape index (κ1) is 19.3. The van der Waals surface area contributed by atoms with Gasteiger partial charge in [0.15, 0.2) is 0 Å². The summed E-state index contributed by atoms with van der Waals surface area (Å²) in [4.78, 5) is 26.0. The maximum atomic E-state index is 13.6. The van der Waals surface area contributed by atoms with Crippen LogP contribution in [0.1, 0.15) is 10.4 Å². The van der Waals surface area contributed by atoms with Crippen LogP contribution in [0.5, 0.6) is 0 Å². The Bertz CT molecular complexity index is 861. The van der Waals surface area contributed by atoms with Gasteiger partial charge in [0.2, 0.25) is 6.41 Å². The number of hydrogen-bond acceptors (Lipinski definition) is 3. The lowest BCUT2D eigenvalue weighted by atomic mass is 10.1. The molecule has 0 radical (unpaired) electrons. The molecule has 0 aliphatic carbocycles. The number of nitrogens with zero attached hydrogens (tertiary/aromatic N) is 1. The van der Waals surface area contributed by atoms with Crippen molar-refractivity contribution in [2.45, 2.75) is 0 Å². The molecule has 0 atom stereocenters. The van der Waals surface area contributed by atoms with E-state index in [9.17, 15) is 14.0 Å². The Morgan fingerprint density at radius 3 is 2.38 bits per heavy atom. The fraction of sp³-hybridized carbons (Fsp3) is 0. The van der Waals surface area contributed by atoms with Crippen LogP contribution in [0.25, 0.3) is 0 Å². The van der Waals surface area contributed by atoms with Crippen LogP contribution in [0, 0.1) is 5.82 Å². The molecule has 3 rings (SSSR count). The molecule has 0 saturated carbocycles. The highest BCUT2D eigenvalue weighted by Crippen LogP contribution is 2.16. The average Bonchev–Trinajstić information content (AvgIpc) is 2.65. The van der Waals surface area contributed by atoms with Crippen LogP contribution < -0.4 is 10.6 Å². The van der Waals surface area contributed by atoms with E-state index >= 15 is 0 Å². The molecule has 2 N–H and O–H groups in total. The molecule has 1 aromatic heterocycles. The van der Waals surface area contributed by atoms with Crippen LogP contribution in [0.2, 0.25) is 0 Å². The molecule has 0 saturated heterocycles. The first-order chi connectivity index (χ1) is 12.6. The molecule has 0 bridgehead atoms. The molecule has 7 heteroatoms. The van der Waals surface area contributed by atoms with Crippen LogP contribution in [0.4, 0.5) is 15.8 Å². The van der Waals surface area contributed by atoms with Crippen molar-refractivity contribution in [3.05, 3.63) is 88.9 Å². The van der Waals surface area contributed by atoms with E-state index in [1.54, 1.807) is 18.3 Å². The third-order valence-corrected chi connectivity index (χ3v) is 3.62. The fourth-order valence-corrected chi connectivity index (χ4v) is 2.21. The Kier molecular flexibility index (Phi) is 7.45. The normalized spacial score (nSPS) is 9.46. The van der Waals surface area contributed by atoms with Crippen molar-refractivity contribution in [2.24, 2.45) is 0 Å². The highest BCUT2D eigenvalue weighted by atomic mass is 79.9. The van der Waals surface area contributed by atoms with Gasteiger partial charge >= 0.3 is 0 Å². The van der Waals surface area contributed by atoms with Crippen molar-refractivity contribution < 1.29 is 14.0 Å². The van der Waals surface area contributed by atoms with Gasteiger partial charge in [-0.3, -0.25) is 14.6 Å². The van der Waals surface area contributed by atoms with Gasteiger partial charge in [0.25, 0.3) is 5.91 Å². The highest BCUT2D eigenvalue weighted by molar-refractivity contribution is 9.10. The summed E-state index contributed by atoms with van der Waals surface area (Å²) in [6.07, 6.45) is 3.46. The zero-order valence-corrected chi connectivity index (χ0v) is 15.1. The molecule has 2 aromatic carbocycles. The number of carbonyl (C=O) groups is 2. The average molecular weight is 416 g/mol. The number of amides is 2. The fourth-order valence-electron chi connectivity index (χ4n) is 1.91. The standard InChI is InChI=1S/C13H10FN3O2.C6H5Br/c14-12-4-3-9(16-8-18)6-11(12)13(19)17-10-2-1-5-15-7-10;7-6-4-2-1-3-5-6/h1-8H,(H,16,18)(H,17,19);1-5H.